The molecule has 0 saturated heterocycles. The average molecular weight is 271 g/mol. The lowest BCUT2D eigenvalue weighted by molar-refractivity contribution is -0.117. The maximum absolute atomic E-state index is 11.9. The van der Waals surface area contributed by atoms with E-state index >= 15 is 0 Å². The molecule has 1 N–H and O–H groups in total. The van der Waals surface area contributed by atoms with Crippen molar-refractivity contribution in [2.45, 2.75) is 52.6 Å². The SMILES string of the molecule is Cc1cc(/C=C(\C#N)C(=O)NC(C)C)c(C)n1C1CC1. The highest BCUT2D eigenvalue weighted by Crippen LogP contribution is 2.38. The quantitative estimate of drug-likeness (QED) is 0.676. The maximum atomic E-state index is 11.9. The molecule has 1 aliphatic rings. The molecule has 1 amide bonds. The van der Waals surface area contributed by atoms with Crippen molar-refractivity contribution in [2.75, 3.05) is 0 Å². The van der Waals surface area contributed by atoms with Gasteiger partial charge in [-0.2, -0.15) is 5.26 Å². The number of amides is 1. The highest BCUT2D eigenvalue weighted by Gasteiger charge is 2.26. The fraction of sp³-hybridized carbons (Fsp3) is 0.500. The summed E-state index contributed by atoms with van der Waals surface area (Å²) in [5, 5.41) is 11.9. The number of carbonyl (C=O) groups excluding carboxylic acids is 1. The van der Waals surface area contributed by atoms with E-state index in [2.05, 4.69) is 16.8 Å². The van der Waals surface area contributed by atoms with Crippen molar-refractivity contribution in [3.63, 3.8) is 0 Å². The first-order valence-corrected chi connectivity index (χ1v) is 7.05. The van der Waals surface area contributed by atoms with Crippen molar-refractivity contribution in [1.29, 1.82) is 5.26 Å². The van der Waals surface area contributed by atoms with Crippen LogP contribution in [-0.4, -0.2) is 16.5 Å². The second-order valence-electron chi connectivity index (χ2n) is 5.73. The van der Waals surface area contributed by atoms with E-state index in [1.54, 1.807) is 6.08 Å². The number of hydrogen-bond donors (Lipinski definition) is 1. The van der Waals surface area contributed by atoms with Crippen LogP contribution in [0.1, 0.15) is 49.7 Å². The van der Waals surface area contributed by atoms with Crippen molar-refractivity contribution in [3.8, 4) is 6.07 Å². The van der Waals surface area contributed by atoms with Crippen LogP contribution in [0.25, 0.3) is 6.08 Å². The third kappa shape index (κ3) is 2.93. The van der Waals surface area contributed by atoms with E-state index in [4.69, 9.17) is 0 Å². The number of nitrogens with zero attached hydrogens (tertiary/aromatic N) is 2. The fourth-order valence-electron chi connectivity index (χ4n) is 2.49. The zero-order valence-electron chi connectivity index (χ0n) is 12.5. The number of aryl methyl sites for hydroxylation is 1. The third-order valence-electron chi connectivity index (χ3n) is 3.52. The number of hydrogen-bond acceptors (Lipinski definition) is 2. The minimum atomic E-state index is -0.307. The first-order valence-electron chi connectivity index (χ1n) is 7.05. The predicted molar refractivity (Wildman–Crippen MR) is 79.0 cm³/mol. The number of nitriles is 1. The minimum Gasteiger partial charge on any atom is -0.349 e. The lowest BCUT2D eigenvalue weighted by Crippen LogP contribution is -2.30. The summed E-state index contributed by atoms with van der Waals surface area (Å²) >= 11 is 0. The Hall–Kier alpha value is -2.02. The summed E-state index contributed by atoms with van der Waals surface area (Å²) in [5.74, 6) is -0.307. The van der Waals surface area contributed by atoms with Gasteiger partial charge in [0.1, 0.15) is 11.6 Å². The summed E-state index contributed by atoms with van der Waals surface area (Å²) in [5.41, 5.74) is 3.45. The molecule has 4 heteroatoms. The van der Waals surface area contributed by atoms with E-state index in [1.165, 1.54) is 18.5 Å². The highest BCUT2D eigenvalue weighted by molar-refractivity contribution is 6.01. The van der Waals surface area contributed by atoms with E-state index < -0.39 is 0 Å². The van der Waals surface area contributed by atoms with Crippen molar-refractivity contribution >= 4 is 12.0 Å². The smallest absolute Gasteiger partial charge is 0.262 e. The second kappa shape index (κ2) is 5.54. The first-order chi connectivity index (χ1) is 9.43. The van der Waals surface area contributed by atoms with E-state index in [-0.39, 0.29) is 17.5 Å². The predicted octanol–water partition coefficient (Wildman–Crippen LogP) is 2.87. The fourth-order valence-corrected chi connectivity index (χ4v) is 2.49. The molecule has 106 valence electrons. The summed E-state index contributed by atoms with van der Waals surface area (Å²) in [6.07, 6.45) is 4.13. The van der Waals surface area contributed by atoms with Crippen molar-refractivity contribution in [1.82, 2.24) is 9.88 Å². The molecular weight excluding hydrogens is 250 g/mol. The van der Waals surface area contributed by atoms with Crippen LogP contribution >= 0.6 is 0 Å². The standard InChI is InChI=1S/C16H21N3O/c1-10(2)18-16(20)14(9-17)8-13-7-11(3)19(12(13)4)15-5-6-15/h7-8,10,15H,5-6H2,1-4H3,(H,18,20)/b14-8+. The van der Waals surface area contributed by atoms with Crippen LogP contribution in [0, 0.1) is 25.2 Å². The van der Waals surface area contributed by atoms with Crippen LogP contribution in [0.5, 0.6) is 0 Å². The van der Waals surface area contributed by atoms with Gasteiger partial charge in [0.05, 0.1) is 0 Å². The lowest BCUT2D eigenvalue weighted by atomic mass is 10.1. The molecule has 4 nitrogen and oxygen atoms in total. The zero-order valence-corrected chi connectivity index (χ0v) is 12.5. The number of rotatable bonds is 4. The molecule has 0 radical (unpaired) electrons. The summed E-state index contributed by atoms with van der Waals surface area (Å²) in [6.45, 7) is 7.88. The van der Waals surface area contributed by atoms with Gasteiger partial charge in [-0.1, -0.05) is 0 Å². The second-order valence-corrected chi connectivity index (χ2v) is 5.73. The Bertz CT molecular complexity index is 598. The van der Waals surface area contributed by atoms with Gasteiger partial charge in [-0.3, -0.25) is 4.79 Å². The van der Waals surface area contributed by atoms with Crippen LogP contribution in [0.2, 0.25) is 0 Å². The van der Waals surface area contributed by atoms with E-state index in [1.807, 2.05) is 32.9 Å². The number of aromatic nitrogens is 1. The first kappa shape index (κ1) is 14.4. The molecule has 0 aromatic carbocycles. The van der Waals surface area contributed by atoms with Gasteiger partial charge in [0.2, 0.25) is 0 Å². The largest absolute Gasteiger partial charge is 0.349 e. The van der Waals surface area contributed by atoms with Gasteiger partial charge >= 0.3 is 0 Å². The molecule has 0 unspecified atom stereocenters. The molecule has 1 heterocycles. The summed E-state index contributed by atoms with van der Waals surface area (Å²) in [6, 6.07) is 4.68. The molecule has 1 fully saturated rings. The van der Waals surface area contributed by atoms with Gasteiger partial charge in [0.25, 0.3) is 5.91 Å². The Kier molecular flexibility index (Phi) is 3.99. The summed E-state index contributed by atoms with van der Waals surface area (Å²) < 4.78 is 2.31. The van der Waals surface area contributed by atoms with E-state index in [9.17, 15) is 10.1 Å². The Morgan fingerprint density at radius 1 is 1.50 bits per heavy atom. The number of nitrogens with one attached hydrogen (secondary N) is 1. The van der Waals surface area contributed by atoms with Crippen molar-refractivity contribution < 1.29 is 4.79 Å². The molecule has 0 spiro atoms. The molecule has 1 aliphatic carbocycles. The van der Waals surface area contributed by atoms with Gasteiger partial charge in [0, 0.05) is 23.5 Å². The minimum absolute atomic E-state index is 0.0261. The number of carbonyl (C=O) groups is 1. The van der Waals surface area contributed by atoms with Crippen LogP contribution < -0.4 is 5.32 Å². The Labute approximate surface area is 120 Å². The molecule has 0 bridgehead atoms. The van der Waals surface area contributed by atoms with Crippen molar-refractivity contribution in [2.24, 2.45) is 0 Å². The molecule has 1 aromatic rings. The topological polar surface area (TPSA) is 57.8 Å². The van der Waals surface area contributed by atoms with Crippen LogP contribution in [0.4, 0.5) is 0 Å². The molecule has 1 aromatic heterocycles. The molecule has 0 atom stereocenters. The Morgan fingerprint density at radius 2 is 2.15 bits per heavy atom. The Morgan fingerprint density at radius 3 is 2.65 bits per heavy atom. The average Bonchev–Trinajstić information content (AvgIpc) is 3.13. The molecule has 20 heavy (non-hydrogen) atoms. The normalized spacial score (nSPS) is 15.3. The van der Waals surface area contributed by atoms with Gasteiger partial charge < -0.3 is 9.88 Å². The molecule has 1 saturated carbocycles. The van der Waals surface area contributed by atoms with E-state index in [0.29, 0.717) is 6.04 Å². The summed E-state index contributed by atoms with van der Waals surface area (Å²) in [4.78, 5) is 11.9. The van der Waals surface area contributed by atoms with Crippen LogP contribution in [0.15, 0.2) is 11.6 Å². The third-order valence-corrected chi connectivity index (χ3v) is 3.52. The Balaban J connectivity index is 2.31. The van der Waals surface area contributed by atoms with Crippen molar-refractivity contribution in [3.05, 3.63) is 28.6 Å². The maximum Gasteiger partial charge on any atom is 0.262 e. The lowest BCUT2D eigenvalue weighted by Gasteiger charge is -2.08. The highest BCUT2D eigenvalue weighted by atomic mass is 16.1. The zero-order chi connectivity index (χ0) is 14.9. The van der Waals surface area contributed by atoms with Gasteiger partial charge in [0.15, 0.2) is 0 Å². The molecule has 2 rings (SSSR count). The van der Waals surface area contributed by atoms with Crippen LogP contribution in [0.3, 0.4) is 0 Å². The molecular formula is C16H21N3O. The monoisotopic (exact) mass is 271 g/mol. The van der Waals surface area contributed by atoms with Gasteiger partial charge in [-0.15, -0.1) is 0 Å². The molecule has 0 aliphatic heterocycles. The summed E-state index contributed by atoms with van der Waals surface area (Å²) in [7, 11) is 0. The van der Waals surface area contributed by atoms with Gasteiger partial charge in [-0.05, 0) is 58.2 Å². The van der Waals surface area contributed by atoms with Crippen LogP contribution in [-0.2, 0) is 4.79 Å². The van der Waals surface area contributed by atoms with Gasteiger partial charge in [-0.25, -0.2) is 0 Å². The van der Waals surface area contributed by atoms with E-state index in [0.717, 1.165) is 11.3 Å².